The van der Waals surface area contributed by atoms with E-state index in [4.69, 9.17) is 16.3 Å². The molecule has 114 valence electrons. The number of anilines is 1. The van der Waals surface area contributed by atoms with E-state index in [1.54, 1.807) is 6.20 Å². The van der Waals surface area contributed by atoms with Crippen LogP contribution in [0.25, 0.3) is 0 Å². The molecule has 0 spiro atoms. The number of nitrogens with one attached hydrogen (secondary N) is 1. The number of halogens is 1. The summed E-state index contributed by atoms with van der Waals surface area (Å²) in [5, 5.41) is 4.13. The van der Waals surface area contributed by atoms with Gasteiger partial charge in [0.05, 0.1) is 6.04 Å². The lowest BCUT2D eigenvalue weighted by Crippen LogP contribution is -2.14. The third-order valence-electron chi connectivity index (χ3n) is 3.39. The quantitative estimate of drug-likeness (QED) is 0.750. The second kappa shape index (κ2) is 8.05. The zero-order chi connectivity index (χ0) is 15.1. The van der Waals surface area contributed by atoms with E-state index in [-0.39, 0.29) is 6.04 Å². The van der Waals surface area contributed by atoms with Crippen molar-refractivity contribution in [3.05, 3.63) is 47.2 Å². The molecule has 2 aromatic rings. The van der Waals surface area contributed by atoms with Crippen molar-refractivity contribution < 1.29 is 4.74 Å². The van der Waals surface area contributed by atoms with Crippen LogP contribution in [-0.2, 0) is 4.74 Å². The minimum Gasteiger partial charge on any atom is -0.382 e. The second-order valence-corrected chi connectivity index (χ2v) is 5.24. The molecular weight excluding hydrogens is 286 g/mol. The van der Waals surface area contributed by atoms with Crippen molar-refractivity contribution in [2.45, 2.75) is 26.3 Å². The van der Waals surface area contributed by atoms with Gasteiger partial charge in [-0.2, -0.15) is 0 Å². The van der Waals surface area contributed by atoms with Gasteiger partial charge in [-0.15, -0.1) is 0 Å². The number of hydrogen-bond acceptors (Lipinski definition) is 3. The molecule has 0 aliphatic heterocycles. The Morgan fingerprint density at radius 3 is 2.95 bits per heavy atom. The van der Waals surface area contributed by atoms with Gasteiger partial charge in [0.2, 0.25) is 5.95 Å². The maximum absolute atomic E-state index is 6.28. The standard InChI is InChI=1S/C16H22ClN3O/c1-3-21-12-6-9-18-16-19-10-11-20(16)13(2)14-7-4-5-8-15(14)17/h4-5,7-8,10-11,13H,3,6,9,12H2,1-2H3,(H,18,19). The molecule has 1 aromatic carbocycles. The first-order chi connectivity index (χ1) is 10.2. The van der Waals surface area contributed by atoms with Gasteiger partial charge in [0.15, 0.2) is 0 Å². The van der Waals surface area contributed by atoms with E-state index >= 15 is 0 Å². The molecule has 21 heavy (non-hydrogen) atoms. The van der Waals surface area contributed by atoms with Gasteiger partial charge in [0, 0.05) is 37.2 Å². The Kier molecular flexibility index (Phi) is 6.08. The number of rotatable bonds is 8. The van der Waals surface area contributed by atoms with Gasteiger partial charge < -0.3 is 14.6 Å². The highest BCUT2D eigenvalue weighted by atomic mass is 35.5. The van der Waals surface area contributed by atoms with Crippen LogP contribution < -0.4 is 5.32 Å². The third-order valence-corrected chi connectivity index (χ3v) is 3.74. The van der Waals surface area contributed by atoms with E-state index in [9.17, 15) is 0 Å². The van der Waals surface area contributed by atoms with Crippen molar-refractivity contribution >= 4 is 17.5 Å². The second-order valence-electron chi connectivity index (χ2n) is 4.83. The monoisotopic (exact) mass is 307 g/mol. The van der Waals surface area contributed by atoms with E-state index in [2.05, 4.69) is 21.8 Å². The molecule has 0 radical (unpaired) electrons. The molecule has 1 unspecified atom stereocenters. The highest BCUT2D eigenvalue weighted by molar-refractivity contribution is 6.31. The minimum atomic E-state index is 0.135. The Hall–Kier alpha value is -1.52. The zero-order valence-corrected chi connectivity index (χ0v) is 13.3. The topological polar surface area (TPSA) is 39.1 Å². The molecule has 0 amide bonds. The first-order valence-electron chi connectivity index (χ1n) is 7.33. The van der Waals surface area contributed by atoms with E-state index < -0.39 is 0 Å². The molecule has 1 atom stereocenters. The van der Waals surface area contributed by atoms with Crippen molar-refractivity contribution in [3.8, 4) is 0 Å². The molecule has 0 aliphatic rings. The smallest absolute Gasteiger partial charge is 0.203 e. The van der Waals surface area contributed by atoms with Gasteiger partial charge in [-0.1, -0.05) is 29.8 Å². The van der Waals surface area contributed by atoms with Crippen LogP contribution in [0.3, 0.4) is 0 Å². The Balaban J connectivity index is 2.01. The first kappa shape index (κ1) is 15.9. The van der Waals surface area contributed by atoms with Crippen LogP contribution in [0.15, 0.2) is 36.7 Å². The number of benzene rings is 1. The van der Waals surface area contributed by atoms with E-state index in [1.165, 1.54) is 0 Å². The Morgan fingerprint density at radius 2 is 2.19 bits per heavy atom. The lowest BCUT2D eigenvalue weighted by atomic mass is 10.1. The molecule has 0 bridgehead atoms. The Bertz CT molecular complexity index is 556. The van der Waals surface area contributed by atoms with E-state index in [0.29, 0.717) is 0 Å². The van der Waals surface area contributed by atoms with Crippen molar-refractivity contribution in [2.24, 2.45) is 0 Å². The van der Waals surface area contributed by atoms with Crippen molar-refractivity contribution in [3.63, 3.8) is 0 Å². The number of ether oxygens (including phenoxy) is 1. The summed E-state index contributed by atoms with van der Waals surface area (Å²) < 4.78 is 7.43. The summed E-state index contributed by atoms with van der Waals surface area (Å²) in [7, 11) is 0. The molecule has 1 aromatic heterocycles. The highest BCUT2D eigenvalue weighted by Gasteiger charge is 2.14. The number of aromatic nitrogens is 2. The highest BCUT2D eigenvalue weighted by Crippen LogP contribution is 2.27. The fraction of sp³-hybridized carbons (Fsp3) is 0.438. The van der Waals surface area contributed by atoms with Gasteiger partial charge in [-0.3, -0.25) is 0 Å². The summed E-state index contributed by atoms with van der Waals surface area (Å²) >= 11 is 6.28. The summed E-state index contributed by atoms with van der Waals surface area (Å²) in [5.41, 5.74) is 1.09. The molecule has 0 saturated heterocycles. The SMILES string of the molecule is CCOCCCNc1nccn1C(C)c1ccccc1Cl. The molecule has 1 heterocycles. The average molecular weight is 308 g/mol. The number of hydrogen-bond donors (Lipinski definition) is 1. The van der Waals surface area contributed by atoms with Crippen molar-refractivity contribution in [1.29, 1.82) is 0 Å². The van der Waals surface area contributed by atoms with E-state index in [0.717, 1.165) is 42.7 Å². The normalized spacial score (nSPS) is 12.3. The van der Waals surface area contributed by atoms with Gasteiger partial charge in [0.1, 0.15) is 0 Å². The van der Waals surface area contributed by atoms with Crippen LogP contribution in [0.1, 0.15) is 31.9 Å². The molecule has 5 heteroatoms. The Morgan fingerprint density at radius 1 is 1.38 bits per heavy atom. The van der Waals surface area contributed by atoms with Crippen LogP contribution >= 0.6 is 11.6 Å². The van der Waals surface area contributed by atoms with Crippen LogP contribution in [0.5, 0.6) is 0 Å². The Labute approximate surface area is 131 Å². The fourth-order valence-electron chi connectivity index (χ4n) is 2.24. The van der Waals surface area contributed by atoms with Gasteiger partial charge >= 0.3 is 0 Å². The lowest BCUT2D eigenvalue weighted by molar-refractivity contribution is 0.147. The maximum atomic E-state index is 6.28. The van der Waals surface area contributed by atoms with Gasteiger partial charge in [-0.25, -0.2) is 4.98 Å². The molecule has 0 fully saturated rings. The summed E-state index contributed by atoms with van der Waals surface area (Å²) in [4.78, 5) is 4.38. The lowest BCUT2D eigenvalue weighted by Gasteiger charge is -2.18. The molecule has 1 N–H and O–H groups in total. The summed E-state index contributed by atoms with van der Waals surface area (Å²) in [6.45, 7) is 6.49. The number of nitrogens with zero attached hydrogens (tertiary/aromatic N) is 2. The molecule has 0 saturated carbocycles. The van der Waals surface area contributed by atoms with Crippen molar-refractivity contribution in [2.75, 3.05) is 25.1 Å². The van der Waals surface area contributed by atoms with Crippen molar-refractivity contribution in [1.82, 2.24) is 9.55 Å². The average Bonchev–Trinajstić information content (AvgIpc) is 2.95. The summed E-state index contributed by atoms with van der Waals surface area (Å²) in [6.07, 6.45) is 4.73. The van der Waals surface area contributed by atoms with Gasteiger partial charge in [-0.05, 0) is 31.9 Å². The predicted octanol–water partition coefficient (Wildman–Crippen LogP) is 3.98. The molecule has 0 aliphatic carbocycles. The largest absolute Gasteiger partial charge is 0.382 e. The van der Waals surface area contributed by atoms with Gasteiger partial charge in [0.25, 0.3) is 0 Å². The summed E-state index contributed by atoms with van der Waals surface area (Å²) in [5.74, 6) is 0.860. The van der Waals surface area contributed by atoms with Crippen LogP contribution in [0.4, 0.5) is 5.95 Å². The molecular formula is C16H22ClN3O. The van der Waals surface area contributed by atoms with Crippen LogP contribution in [0, 0.1) is 0 Å². The summed E-state index contributed by atoms with van der Waals surface area (Å²) in [6, 6.07) is 8.05. The minimum absolute atomic E-state index is 0.135. The maximum Gasteiger partial charge on any atom is 0.203 e. The number of imidazole rings is 1. The molecule has 2 rings (SSSR count). The molecule has 4 nitrogen and oxygen atoms in total. The van der Waals surface area contributed by atoms with Crippen LogP contribution in [0.2, 0.25) is 5.02 Å². The van der Waals surface area contributed by atoms with Crippen LogP contribution in [-0.4, -0.2) is 29.3 Å². The first-order valence-corrected chi connectivity index (χ1v) is 7.70. The van der Waals surface area contributed by atoms with E-state index in [1.807, 2.05) is 37.4 Å². The fourth-order valence-corrected chi connectivity index (χ4v) is 2.54. The third kappa shape index (κ3) is 4.22. The zero-order valence-electron chi connectivity index (χ0n) is 12.6. The predicted molar refractivity (Wildman–Crippen MR) is 87.1 cm³/mol.